The van der Waals surface area contributed by atoms with Gasteiger partial charge < -0.3 is 10.6 Å². The first kappa shape index (κ1) is 11.5. The van der Waals surface area contributed by atoms with E-state index in [0.29, 0.717) is 0 Å². The van der Waals surface area contributed by atoms with E-state index in [9.17, 15) is 14.4 Å². The molecule has 6 heteroatoms. The highest BCUT2D eigenvalue weighted by atomic mass is 16.2. The highest BCUT2D eigenvalue weighted by Crippen LogP contribution is 2.18. The molecule has 2 N–H and O–H groups in total. The van der Waals surface area contributed by atoms with E-state index in [0.717, 1.165) is 4.90 Å². The van der Waals surface area contributed by atoms with Crippen LogP contribution in [-0.2, 0) is 9.59 Å². The number of carbonyl (C=O) groups excluding carboxylic acids is 3. The molecule has 1 rings (SSSR count). The Labute approximate surface area is 88.0 Å². The van der Waals surface area contributed by atoms with Crippen molar-refractivity contribution in [1.29, 1.82) is 0 Å². The summed E-state index contributed by atoms with van der Waals surface area (Å²) in [5.41, 5.74) is -0.772. The van der Waals surface area contributed by atoms with E-state index in [4.69, 9.17) is 0 Å². The zero-order valence-corrected chi connectivity index (χ0v) is 9.09. The lowest BCUT2D eigenvalue weighted by atomic mass is 9.91. The standard InChI is InChI=1S/C9H15N3O3/c1-9(2,7(14)10-3)5-12-6(13)4-11-8(12)15/h4-5H2,1-3H3,(H,10,14)(H,11,15). The van der Waals surface area contributed by atoms with Crippen LogP contribution in [0.25, 0.3) is 0 Å². The van der Waals surface area contributed by atoms with Crippen molar-refractivity contribution in [2.75, 3.05) is 20.1 Å². The van der Waals surface area contributed by atoms with Gasteiger partial charge in [0.2, 0.25) is 11.8 Å². The van der Waals surface area contributed by atoms with Crippen LogP contribution in [0, 0.1) is 5.41 Å². The zero-order valence-electron chi connectivity index (χ0n) is 9.09. The van der Waals surface area contributed by atoms with Crippen LogP contribution in [0.5, 0.6) is 0 Å². The molecular formula is C9H15N3O3. The predicted molar refractivity (Wildman–Crippen MR) is 53.0 cm³/mol. The minimum Gasteiger partial charge on any atom is -0.359 e. The molecule has 6 nitrogen and oxygen atoms in total. The monoisotopic (exact) mass is 213 g/mol. The zero-order chi connectivity index (χ0) is 11.6. The van der Waals surface area contributed by atoms with Gasteiger partial charge in [-0.3, -0.25) is 14.5 Å². The third-order valence-corrected chi connectivity index (χ3v) is 2.33. The molecule has 0 spiro atoms. The van der Waals surface area contributed by atoms with Crippen molar-refractivity contribution in [3.63, 3.8) is 0 Å². The first-order valence-electron chi connectivity index (χ1n) is 4.69. The van der Waals surface area contributed by atoms with Crippen LogP contribution in [0.4, 0.5) is 4.79 Å². The van der Waals surface area contributed by atoms with E-state index < -0.39 is 11.4 Å². The molecule has 1 aliphatic rings. The lowest BCUT2D eigenvalue weighted by Gasteiger charge is -2.26. The average Bonchev–Trinajstić information content (AvgIpc) is 2.47. The van der Waals surface area contributed by atoms with Gasteiger partial charge in [0.15, 0.2) is 0 Å². The molecule has 0 aromatic rings. The van der Waals surface area contributed by atoms with E-state index in [2.05, 4.69) is 10.6 Å². The number of urea groups is 1. The number of amides is 4. The molecule has 0 saturated carbocycles. The Balaban J connectivity index is 2.72. The molecule has 84 valence electrons. The third-order valence-electron chi connectivity index (χ3n) is 2.33. The third kappa shape index (κ3) is 2.26. The maximum Gasteiger partial charge on any atom is 0.324 e. The fourth-order valence-corrected chi connectivity index (χ4v) is 1.42. The molecule has 1 saturated heterocycles. The maximum absolute atomic E-state index is 11.5. The van der Waals surface area contributed by atoms with Gasteiger partial charge in [0.25, 0.3) is 0 Å². The molecule has 1 heterocycles. The molecular weight excluding hydrogens is 198 g/mol. The number of nitrogens with one attached hydrogen (secondary N) is 2. The lowest BCUT2D eigenvalue weighted by Crippen LogP contribution is -2.46. The molecule has 0 radical (unpaired) electrons. The van der Waals surface area contributed by atoms with Crippen molar-refractivity contribution in [3.05, 3.63) is 0 Å². The van der Waals surface area contributed by atoms with E-state index in [1.807, 2.05) is 0 Å². The van der Waals surface area contributed by atoms with Crippen LogP contribution in [0.1, 0.15) is 13.8 Å². The number of hydrogen-bond donors (Lipinski definition) is 2. The second-order valence-corrected chi connectivity index (χ2v) is 4.10. The molecule has 0 aromatic carbocycles. The van der Waals surface area contributed by atoms with Crippen molar-refractivity contribution in [3.8, 4) is 0 Å². The first-order chi connectivity index (χ1) is 6.88. The Hall–Kier alpha value is -1.59. The SMILES string of the molecule is CNC(=O)C(C)(C)CN1C(=O)CNC1=O. The molecule has 0 unspecified atom stereocenters. The summed E-state index contributed by atoms with van der Waals surface area (Å²) in [5.74, 6) is -0.494. The summed E-state index contributed by atoms with van der Waals surface area (Å²) in [5, 5.41) is 4.90. The number of hydrogen-bond acceptors (Lipinski definition) is 3. The fraction of sp³-hybridized carbons (Fsp3) is 0.667. The smallest absolute Gasteiger partial charge is 0.324 e. The van der Waals surface area contributed by atoms with Crippen LogP contribution in [-0.4, -0.2) is 42.9 Å². The summed E-state index contributed by atoms with van der Waals surface area (Å²) in [4.78, 5) is 35.0. The van der Waals surface area contributed by atoms with Gasteiger partial charge in [0.1, 0.15) is 0 Å². The summed E-state index contributed by atoms with van der Waals surface area (Å²) in [6.07, 6.45) is 0. The Morgan fingerprint density at radius 1 is 1.53 bits per heavy atom. The molecule has 0 aromatic heterocycles. The number of rotatable bonds is 3. The molecule has 0 atom stereocenters. The summed E-state index contributed by atoms with van der Waals surface area (Å²) in [6, 6.07) is -0.433. The molecule has 1 aliphatic heterocycles. The van der Waals surface area contributed by atoms with E-state index in [-0.39, 0.29) is 24.9 Å². The summed E-state index contributed by atoms with van der Waals surface area (Å²) >= 11 is 0. The van der Waals surface area contributed by atoms with Gasteiger partial charge in [-0.15, -0.1) is 0 Å². The predicted octanol–water partition coefficient (Wildman–Crippen LogP) is -0.690. The van der Waals surface area contributed by atoms with E-state index in [1.165, 1.54) is 7.05 Å². The molecule has 15 heavy (non-hydrogen) atoms. The second kappa shape index (κ2) is 3.88. The van der Waals surface area contributed by atoms with Crippen molar-refractivity contribution in [1.82, 2.24) is 15.5 Å². The van der Waals surface area contributed by atoms with Crippen LogP contribution in [0.3, 0.4) is 0 Å². The van der Waals surface area contributed by atoms with Gasteiger partial charge in [-0.1, -0.05) is 0 Å². The summed E-state index contributed by atoms with van der Waals surface area (Å²) < 4.78 is 0. The fourth-order valence-electron chi connectivity index (χ4n) is 1.42. The van der Waals surface area contributed by atoms with Gasteiger partial charge in [0.05, 0.1) is 12.0 Å². The van der Waals surface area contributed by atoms with Gasteiger partial charge in [0, 0.05) is 13.6 Å². The van der Waals surface area contributed by atoms with Crippen LogP contribution < -0.4 is 10.6 Å². The van der Waals surface area contributed by atoms with Gasteiger partial charge in [-0.25, -0.2) is 4.79 Å². The second-order valence-electron chi connectivity index (χ2n) is 4.10. The van der Waals surface area contributed by atoms with Crippen LogP contribution in [0.15, 0.2) is 0 Å². The van der Waals surface area contributed by atoms with Crippen molar-refractivity contribution in [2.45, 2.75) is 13.8 Å². The first-order valence-corrected chi connectivity index (χ1v) is 4.69. The maximum atomic E-state index is 11.5. The van der Waals surface area contributed by atoms with Gasteiger partial charge in [-0.2, -0.15) is 0 Å². The van der Waals surface area contributed by atoms with Crippen molar-refractivity contribution >= 4 is 17.8 Å². The summed E-state index contributed by atoms with van der Waals surface area (Å²) in [6.45, 7) is 3.48. The summed E-state index contributed by atoms with van der Waals surface area (Å²) in [7, 11) is 1.52. The Morgan fingerprint density at radius 2 is 2.13 bits per heavy atom. The van der Waals surface area contributed by atoms with E-state index in [1.54, 1.807) is 13.8 Å². The van der Waals surface area contributed by atoms with Gasteiger partial charge in [-0.05, 0) is 13.8 Å². The highest BCUT2D eigenvalue weighted by Gasteiger charge is 2.37. The minimum absolute atomic E-state index is 0.0165. The Kier molecular flexibility index (Phi) is 2.97. The topological polar surface area (TPSA) is 78.5 Å². The molecule has 0 bridgehead atoms. The minimum atomic E-state index is -0.772. The van der Waals surface area contributed by atoms with Gasteiger partial charge >= 0.3 is 6.03 Å². The number of nitrogens with zero attached hydrogens (tertiary/aromatic N) is 1. The number of imide groups is 1. The van der Waals surface area contributed by atoms with Crippen LogP contribution >= 0.6 is 0 Å². The molecule has 4 amide bonds. The van der Waals surface area contributed by atoms with Crippen molar-refractivity contribution in [2.24, 2.45) is 5.41 Å². The van der Waals surface area contributed by atoms with Crippen molar-refractivity contribution < 1.29 is 14.4 Å². The number of carbonyl (C=O) groups is 3. The average molecular weight is 213 g/mol. The highest BCUT2D eigenvalue weighted by molar-refractivity contribution is 6.02. The van der Waals surface area contributed by atoms with Crippen LogP contribution in [0.2, 0.25) is 0 Å². The quantitative estimate of drug-likeness (QED) is 0.609. The largest absolute Gasteiger partial charge is 0.359 e. The normalized spacial score (nSPS) is 16.6. The Bertz CT molecular complexity index is 296. The lowest BCUT2D eigenvalue weighted by molar-refractivity contribution is -0.132. The molecule has 0 aliphatic carbocycles. The van der Waals surface area contributed by atoms with E-state index >= 15 is 0 Å². The Morgan fingerprint density at radius 3 is 2.53 bits per heavy atom. The molecule has 1 fully saturated rings.